The van der Waals surface area contributed by atoms with Crippen molar-refractivity contribution in [3.63, 3.8) is 0 Å². The molecule has 26 heavy (non-hydrogen) atoms. The lowest BCUT2D eigenvalue weighted by molar-refractivity contribution is -0.137. The molecule has 1 heterocycles. The Bertz CT molecular complexity index is 995. The molecule has 0 spiro atoms. The highest BCUT2D eigenvalue weighted by molar-refractivity contribution is 7.11. The van der Waals surface area contributed by atoms with Crippen LogP contribution in [0, 0.1) is 17.1 Å². The number of benzene rings is 2. The summed E-state index contributed by atoms with van der Waals surface area (Å²) in [6.45, 7) is 0. The van der Waals surface area contributed by atoms with Crippen molar-refractivity contribution < 1.29 is 17.6 Å². The molecule has 3 rings (SSSR count). The lowest BCUT2D eigenvalue weighted by atomic mass is 10.0. The van der Waals surface area contributed by atoms with Crippen molar-refractivity contribution in [3.8, 4) is 17.3 Å². The topological polar surface area (TPSA) is 36.7 Å². The normalized spacial score (nSPS) is 12.0. The molecule has 0 atom stereocenters. The summed E-state index contributed by atoms with van der Waals surface area (Å²) in [5, 5.41) is 11.3. The molecule has 0 amide bonds. The number of nitriles is 1. The smallest absolute Gasteiger partial charge is 0.235 e. The average Bonchev–Trinajstić information content (AvgIpc) is 3.09. The highest BCUT2D eigenvalue weighted by Gasteiger charge is 2.32. The zero-order valence-corrected chi connectivity index (χ0v) is 13.9. The average molecular weight is 374 g/mol. The van der Waals surface area contributed by atoms with E-state index in [9.17, 15) is 22.8 Å². The second-order valence-corrected chi connectivity index (χ2v) is 6.16. The number of aromatic nitrogens is 1. The maximum atomic E-state index is 13.1. The summed E-state index contributed by atoms with van der Waals surface area (Å²) in [7, 11) is 0. The molecule has 2 nitrogen and oxygen atoms in total. The first-order valence-corrected chi connectivity index (χ1v) is 8.26. The third kappa shape index (κ3) is 3.81. The summed E-state index contributed by atoms with van der Waals surface area (Å²) in [5.41, 5.74) is 0.287. The van der Waals surface area contributed by atoms with Crippen molar-refractivity contribution in [2.45, 2.75) is 6.18 Å². The maximum Gasteiger partial charge on any atom is 0.416 e. The van der Waals surface area contributed by atoms with E-state index >= 15 is 0 Å². The fourth-order valence-electron chi connectivity index (χ4n) is 2.33. The number of thiazole rings is 1. The molecular weight excluding hydrogens is 364 g/mol. The molecule has 0 radical (unpaired) electrons. The van der Waals surface area contributed by atoms with E-state index in [-0.39, 0.29) is 17.0 Å². The minimum atomic E-state index is -4.52. The molecule has 7 heteroatoms. The predicted octanol–water partition coefficient (Wildman–Crippen LogP) is 6.03. The Morgan fingerprint density at radius 1 is 1.08 bits per heavy atom. The van der Waals surface area contributed by atoms with E-state index in [0.717, 1.165) is 17.4 Å². The van der Waals surface area contributed by atoms with Crippen molar-refractivity contribution in [1.82, 2.24) is 4.98 Å². The van der Waals surface area contributed by atoms with E-state index in [4.69, 9.17) is 0 Å². The molecule has 0 N–H and O–H groups in total. The molecule has 2 aromatic carbocycles. The van der Waals surface area contributed by atoms with E-state index in [1.165, 1.54) is 36.4 Å². The highest BCUT2D eigenvalue weighted by Crippen LogP contribution is 2.34. The summed E-state index contributed by atoms with van der Waals surface area (Å²) >= 11 is 1.14. The van der Waals surface area contributed by atoms with Crippen LogP contribution in [-0.4, -0.2) is 4.98 Å². The van der Waals surface area contributed by atoms with Gasteiger partial charge in [-0.2, -0.15) is 18.4 Å². The van der Waals surface area contributed by atoms with Gasteiger partial charge < -0.3 is 0 Å². The molecular formula is C19H10F4N2S. The Labute approximate surface area is 150 Å². The SMILES string of the molecule is N#C/C(=C\c1ccccc1C(F)(F)F)c1nc(-c2ccc(F)cc2)cs1. The Balaban J connectivity index is 2.00. The van der Waals surface area contributed by atoms with Crippen LogP contribution in [0.15, 0.2) is 53.9 Å². The van der Waals surface area contributed by atoms with Crippen molar-refractivity contribution in [1.29, 1.82) is 5.26 Å². The number of rotatable bonds is 3. The number of hydrogen-bond donors (Lipinski definition) is 0. The van der Waals surface area contributed by atoms with Crippen LogP contribution < -0.4 is 0 Å². The van der Waals surface area contributed by atoms with Gasteiger partial charge in [-0.3, -0.25) is 0 Å². The largest absolute Gasteiger partial charge is 0.416 e. The molecule has 0 aliphatic rings. The van der Waals surface area contributed by atoms with Crippen LogP contribution in [0.3, 0.4) is 0 Å². The molecule has 0 saturated heterocycles. The van der Waals surface area contributed by atoms with Crippen LogP contribution in [0.2, 0.25) is 0 Å². The van der Waals surface area contributed by atoms with E-state index in [2.05, 4.69) is 4.98 Å². The molecule has 1 aromatic heterocycles. The Morgan fingerprint density at radius 2 is 1.77 bits per heavy atom. The third-order valence-electron chi connectivity index (χ3n) is 3.56. The van der Waals surface area contributed by atoms with Gasteiger partial charge >= 0.3 is 6.18 Å². The van der Waals surface area contributed by atoms with Gasteiger partial charge in [0.05, 0.1) is 16.8 Å². The number of hydrogen-bond acceptors (Lipinski definition) is 3. The van der Waals surface area contributed by atoms with Gasteiger partial charge in [0.15, 0.2) is 0 Å². The Hall–Kier alpha value is -2.98. The monoisotopic (exact) mass is 374 g/mol. The second-order valence-electron chi connectivity index (χ2n) is 5.30. The van der Waals surface area contributed by atoms with E-state index in [1.54, 1.807) is 17.5 Å². The van der Waals surface area contributed by atoms with Gasteiger partial charge in [-0.05, 0) is 42.0 Å². The first-order chi connectivity index (χ1) is 12.4. The Morgan fingerprint density at radius 3 is 2.42 bits per heavy atom. The summed E-state index contributed by atoms with van der Waals surface area (Å²) in [6.07, 6.45) is -3.34. The number of alkyl halides is 3. The number of nitrogens with zero attached hydrogens (tertiary/aromatic N) is 2. The van der Waals surface area contributed by atoms with E-state index < -0.39 is 11.7 Å². The van der Waals surface area contributed by atoms with Gasteiger partial charge in [-0.1, -0.05) is 18.2 Å². The van der Waals surface area contributed by atoms with E-state index in [1.807, 2.05) is 6.07 Å². The molecule has 130 valence electrons. The zero-order chi connectivity index (χ0) is 18.7. The van der Waals surface area contributed by atoms with Crippen LogP contribution >= 0.6 is 11.3 Å². The molecule has 0 unspecified atom stereocenters. The maximum absolute atomic E-state index is 13.1. The van der Waals surface area contributed by atoms with Crippen molar-refractivity contribution in [2.24, 2.45) is 0 Å². The van der Waals surface area contributed by atoms with Gasteiger partial charge in [0.2, 0.25) is 0 Å². The quantitative estimate of drug-likeness (QED) is 0.414. The summed E-state index contributed by atoms with van der Waals surface area (Å²) in [5.74, 6) is -0.384. The van der Waals surface area contributed by atoms with Gasteiger partial charge in [-0.15, -0.1) is 11.3 Å². The molecule has 0 saturated carbocycles. The first kappa shape index (κ1) is 17.8. The number of allylic oxidation sites excluding steroid dienone is 1. The minimum absolute atomic E-state index is 0.0278. The van der Waals surface area contributed by atoms with Crippen LogP contribution in [0.4, 0.5) is 17.6 Å². The molecule has 0 bridgehead atoms. The van der Waals surface area contributed by atoms with Gasteiger partial charge in [-0.25, -0.2) is 9.37 Å². The van der Waals surface area contributed by atoms with E-state index in [0.29, 0.717) is 16.3 Å². The van der Waals surface area contributed by atoms with Crippen molar-refractivity contribution in [3.05, 3.63) is 75.9 Å². The molecule has 0 aliphatic heterocycles. The standard InChI is InChI=1S/C19H10F4N2S/c20-15-7-5-12(6-8-15)17-11-26-18(25-17)14(10-24)9-13-3-1-2-4-16(13)19(21,22)23/h1-9,11H/b14-9+. The van der Waals surface area contributed by atoms with Crippen LogP contribution in [0.25, 0.3) is 22.9 Å². The fraction of sp³-hybridized carbons (Fsp3) is 0.0526. The van der Waals surface area contributed by atoms with Gasteiger partial charge in [0.1, 0.15) is 16.9 Å². The third-order valence-corrected chi connectivity index (χ3v) is 4.44. The number of halogens is 4. The first-order valence-electron chi connectivity index (χ1n) is 7.38. The summed E-state index contributed by atoms with van der Waals surface area (Å²) in [4.78, 5) is 4.29. The fourth-order valence-corrected chi connectivity index (χ4v) is 3.12. The molecule has 3 aromatic rings. The van der Waals surface area contributed by atoms with Crippen LogP contribution in [-0.2, 0) is 6.18 Å². The van der Waals surface area contributed by atoms with Crippen molar-refractivity contribution >= 4 is 23.0 Å². The van der Waals surface area contributed by atoms with Crippen LogP contribution in [0.1, 0.15) is 16.1 Å². The van der Waals surface area contributed by atoms with Crippen LogP contribution in [0.5, 0.6) is 0 Å². The zero-order valence-electron chi connectivity index (χ0n) is 13.1. The Kier molecular flexibility index (Phi) is 4.87. The van der Waals surface area contributed by atoms with Gasteiger partial charge in [0.25, 0.3) is 0 Å². The summed E-state index contributed by atoms with van der Waals surface area (Å²) in [6, 6.07) is 12.6. The minimum Gasteiger partial charge on any atom is -0.235 e. The van der Waals surface area contributed by atoms with Crippen molar-refractivity contribution in [2.75, 3.05) is 0 Å². The van der Waals surface area contributed by atoms with Gasteiger partial charge in [0, 0.05) is 10.9 Å². The lowest BCUT2D eigenvalue weighted by Crippen LogP contribution is -2.07. The summed E-state index contributed by atoms with van der Waals surface area (Å²) < 4.78 is 52.3. The highest BCUT2D eigenvalue weighted by atomic mass is 32.1. The lowest BCUT2D eigenvalue weighted by Gasteiger charge is -2.09. The second kappa shape index (κ2) is 7.10. The molecule has 0 aliphatic carbocycles. The predicted molar refractivity (Wildman–Crippen MR) is 92.4 cm³/mol. The molecule has 0 fully saturated rings.